The van der Waals surface area contributed by atoms with Crippen LogP contribution >= 0.6 is 11.3 Å². The molecule has 0 atom stereocenters. The minimum atomic E-state index is -2.71. The molecule has 1 N–H and O–H groups in total. The van der Waals surface area contributed by atoms with E-state index < -0.39 is 24.1 Å². The first kappa shape index (κ1) is 19.1. The van der Waals surface area contributed by atoms with Crippen molar-refractivity contribution in [2.24, 2.45) is 0 Å². The van der Waals surface area contributed by atoms with Crippen LogP contribution in [0, 0.1) is 0 Å². The summed E-state index contributed by atoms with van der Waals surface area (Å²) < 4.78 is 40.2. The van der Waals surface area contributed by atoms with E-state index in [4.69, 9.17) is 9.47 Å². The Labute approximate surface area is 136 Å². The number of nitrogens with one attached hydrogen (secondary N) is 1. The van der Waals surface area contributed by atoms with Crippen LogP contribution < -0.4 is 10.1 Å². The molecule has 0 spiro atoms. The fourth-order valence-electron chi connectivity index (χ4n) is 1.47. The summed E-state index contributed by atoms with van der Waals surface area (Å²) in [6.07, 6.45) is -3.33. The van der Waals surface area contributed by atoms with E-state index in [9.17, 15) is 18.4 Å². The lowest BCUT2D eigenvalue weighted by molar-refractivity contribution is 0.0516. The normalized spacial score (nSPS) is 11.3. The highest BCUT2D eigenvalue weighted by Gasteiger charge is 2.22. The molecule has 1 heterocycles. The van der Waals surface area contributed by atoms with Crippen molar-refractivity contribution >= 4 is 23.4 Å². The van der Waals surface area contributed by atoms with Gasteiger partial charge in [0.25, 0.3) is 6.43 Å². The van der Waals surface area contributed by atoms with Crippen LogP contribution in [0.3, 0.4) is 0 Å². The number of alkyl carbamates (subject to hydrolysis) is 1. The Bertz CT molecular complexity index is 554. The van der Waals surface area contributed by atoms with E-state index in [1.54, 1.807) is 20.8 Å². The predicted molar refractivity (Wildman–Crippen MR) is 80.3 cm³/mol. The van der Waals surface area contributed by atoms with E-state index in [1.165, 1.54) is 0 Å². The summed E-state index contributed by atoms with van der Waals surface area (Å²) in [5.74, 6) is -0.750. The average Bonchev–Trinajstić information content (AvgIpc) is 2.85. The van der Waals surface area contributed by atoms with Crippen LogP contribution in [-0.2, 0) is 9.47 Å². The molecule has 0 bridgehead atoms. The highest BCUT2D eigenvalue weighted by atomic mass is 32.1. The number of esters is 1. The van der Waals surface area contributed by atoms with Crippen molar-refractivity contribution in [1.82, 2.24) is 5.32 Å². The highest BCUT2D eigenvalue weighted by molar-refractivity contribution is 7.14. The lowest BCUT2D eigenvalue weighted by Crippen LogP contribution is -2.34. The Morgan fingerprint density at radius 1 is 1.35 bits per heavy atom. The molecule has 0 aliphatic heterocycles. The number of alkyl halides is 2. The molecule has 130 valence electrons. The zero-order valence-electron chi connectivity index (χ0n) is 13.3. The van der Waals surface area contributed by atoms with Gasteiger partial charge in [-0.3, -0.25) is 0 Å². The number of methoxy groups -OCH3 is 1. The molecule has 23 heavy (non-hydrogen) atoms. The topological polar surface area (TPSA) is 73.9 Å². The smallest absolute Gasteiger partial charge is 0.407 e. The zero-order valence-corrected chi connectivity index (χ0v) is 14.1. The minimum absolute atomic E-state index is 0.00291. The van der Waals surface area contributed by atoms with Crippen molar-refractivity contribution in [1.29, 1.82) is 0 Å². The van der Waals surface area contributed by atoms with Gasteiger partial charge in [0.2, 0.25) is 0 Å². The summed E-state index contributed by atoms with van der Waals surface area (Å²) in [6, 6.07) is 1.09. The van der Waals surface area contributed by atoms with Gasteiger partial charge in [-0.1, -0.05) is 0 Å². The number of thiophene rings is 1. The summed E-state index contributed by atoms with van der Waals surface area (Å²) in [4.78, 5) is 22.6. The SMILES string of the molecule is COC(=O)c1sc(C(F)F)cc1OCCNC(=O)OC(C)(C)C. The summed E-state index contributed by atoms with van der Waals surface area (Å²) in [6.45, 7) is 5.26. The molecule has 0 aliphatic rings. The third kappa shape index (κ3) is 6.39. The van der Waals surface area contributed by atoms with E-state index in [2.05, 4.69) is 10.1 Å². The van der Waals surface area contributed by atoms with E-state index in [1.807, 2.05) is 0 Å². The van der Waals surface area contributed by atoms with Crippen molar-refractivity contribution in [2.75, 3.05) is 20.3 Å². The summed E-state index contributed by atoms with van der Waals surface area (Å²) in [5.41, 5.74) is -0.623. The van der Waals surface area contributed by atoms with Crippen molar-refractivity contribution < 1.29 is 32.6 Å². The third-order valence-corrected chi connectivity index (χ3v) is 3.43. The molecule has 9 heteroatoms. The lowest BCUT2D eigenvalue weighted by Gasteiger charge is -2.19. The minimum Gasteiger partial charge on any atom is -0.490 e. The largest absolute Gasteiger partial charge is 0.490 e. The molecule has 0 unspecified atom stereocenters. The first-order chi connectivity index (χ1) is 10.6. The molecule has 0 saturated carbocycles. The van der Waals surface area contributed by atoms with Crippen molar-refractivity contribution in [3.05, 3.63) is 15.8 Å². The molecule has 1 aromatic rings. The van der Waals surface area contributed by atoms with Gasteiger partial charge in [0.05, 0.1) is 18.5 Å². The number of amides is 1. The Morgan fingerprint density at radius 3 is 2.52 bits per heavy atom. The maximum Gasteiger partial charge on any atom is 0.407 e. The number of carbonyl (C=O) groups excluding carboxylic acids is 2. The van der Waals surface area contributed by atoms with Crippen LogP contribution in [0.15, 0.2) is 6.07 Å². The molecular formula is C14H19F2NO5S. The molecule has 0 saturated heterocycles. The van der Waals surface area contributed by atoms with Crippen molar-refractivity contribution in [2.45, 2.75) is 32.8 Å². The van der Waals surface area contributed by atoms with Gasteiger partial charge in [-0.15, -0.1) is 11.3 Å². The second kappa shape index (κ2) is 8.09. The van der Waals surface area contributed by atoms with Gasteiger partial charge in [0.15, 0.2) is 4.88 Å². The zero-order chi connectivity index (χ0) is 17.6. The molecule has 1 rings (SSSR count). The van der Waals surface area contributed by atoms with Gasteiger partial charge in [-0.25, -0.2) is 18.4 Å². The Hall–Kier alpha value is -1.90. The average molecular weight is 351 g/mol. The Morgan fingerprint density at radius 2 is 2.00 bits per heavy atom. The molecule has 1 aromatic heterocycles. The first-order valence-electron chi connectivity index (χ1n) is 6.74. The number of rotatable bonds is 6. The lowest BCUT2D eigenvalue weighted by atomic mass is 10.2. The summed E-state index contributed by atoms with van der Waals surface area (Å²) in [5, 5.41) is 2.45. The number of halogens is 2. The third-order valence-electron chi connectivity index (χ3n) is 2.33. The monoisotopic (exact) mass is 351 g/mol. The Kier molecular flexibility index (Phi) is 6.74. The maximum absolute atomic E-state index is 12.7. The standard InChI is InChI=1S/C14H19F2NO5S/c1-14(2,3)22-13(19)17-5-6-21-8-7-9(11(15)16)23-10(8)12(18)20-4/h7,11H,5-6H2,1-4H3,(H,17,19). The number of carbonyl (C=O) groups is 2. The summed E-state index contributed by atoms with van der Waals surface area (Å²) >= 11 is 0.611. The molecule has 6 nitrogen and oxygen atoms in total. The second-order valence-corrected chi connectivity index (χ2v) is 6.50. The van der Waals surface area contributed by atoms with Gasteiger partial charge >= 0.3 is 12.1 Å². The van der Waals surface area contributed by atoms with Crippen LogP contribution in [0.2, 0.25) is 0 Å². The number of hydrogen-bond donors (Lipinski definition) is 1. The van der Waals surface area contributed by atoms with Crippen LogP contribution in [0.1, 0.15) is 41.7 Å². The van der Waals surface area contributed by atoms with Gasteiger partial charge in [-0.2, -0.15) is 0 Å². The number of hydrogen-bond acceptors (Lipinski definition) is 6. The van der Waals surface area contributed by atoms with Crippen LogP contribution in [-0.4, -0.2) is 37.9 Å². The fraction of sp³-hybridized carbons (Fsp3) is 0.571. The van der Waals surface area contributed by atoms with Gasteiger partial charge in [0, 0.05) is 6.07 Å². The van der Waals surface area contributed by atoms with Crippen molar-refractivity contribution in [3.63, 3.8) is 0 Å². The van der Waals surface area contributed by atoms with Gasteiger partial charge in [-0.05, 0) is 20.8 Å². The Balaban J connectivity index is 2.57. The molecule has 0 aromatic carbocycles. The first-order valence-corrected chi connectivity index (χ1v) is 7.55. The molecule has 0 radical (unpaired) electrons. The molecule has 0 fully saturated rings. The van der Waals surface area contributed by atoms with E-state index >= 15 is 0 Å². The van der Waals surface area contributed by atoms with E-state index in [0.29, 0.717) is 11.3 Å². The number of ether oxygens (including phenoxy) is 3. The van der Waals surface area contributed by atoms with Crippen LogP contribution in [0.5, 0.6) is 5.75 Å². The quantitative estimate of drug-likeness (QED) is 0.628. The predicted octanol–water partition coefficient (Wildman–Crippen LogP) is 3.38. The van der Waals surface area contributed by atoms with Gasteiger partial charge in [0.1, 0.15) is 18.0 Å². The molecular weight excluding hydrogens is 332 g/mol. The molecule has 0 aliphatic carbocycles. The fourth-order valence-corrected chi connectivity index (χ4v) is 2.35. The van der Waals surface area contributed by atoms with Crippen LogP contribution in [0.4, 0.5) is 13.6 Å². The molecule has 1 amide bonds. The van der Waals surface area contributed by atoms with Gasteiger partial charge < -0.3 is 19.5 Å². The van der Waals surface area contributed by atoms with E-state index in [0.717, 1.165) is 13.2 Å². The van der Waals surface area contributed by atoms with Crippen molar-refractivity contribution in [3.8, 4) is 5.75 Å². The summed E-state index contributed by atoms with van der Waals surface area (Å²) in [7, 11) is 1.15. The maximum atomic E-state index is 12.7. The van der Waals surface area contributed by atoms with Crippen LogP contribution in [0.25, 0.3) is 0 Å². The second-order valence-electron chi connectivity index (χ2n) is 5.41. The van der Waals surface area contributed by atoms with E-state index in [-0.39, 0.29) is 28.7 Å². The highest BCUT2D eigenvalue weighted by Crippen LogP contribution is 2.35.